The first kappa shape index (κ1) is 45.7. The Bertz CT molecular complexity index is 1820. The summed E-state index contributed by atoms with van der Waals surface area (Å²) in [5.41, 5.74) is -8.82. The van der Waals surface area contributed by atoms with E-state index in [0.29, 0.717) is 0 Å². The van der Waals surface area contributed by atoms with E-state index in [1.54, 1.807) is 32.9 Å². The van der Waals surface area contributed by atoms with E-state index >= 15 is 4.79 Å². The number of alkyl carbamates (subject to hydrolysis) is 1. The Labute approximate surface area is 342 Å². The van der Waals surface area contributed by atoms with Crippen LogP contribution in [0.4, 0.5) is 4.79 Å². The number of rotatable bonds is 3. The zero-order valence-corrected chi connectivity index (χ0v) is 35.3. The van der Waals surface area contributed by atoms with Crippen molar-refractivity contribution in [1.29, 1.82) is 0 Å². The first-order valence-electron chi connectivity index (χ1n) is 19.8. The molecule has 2 saturated carbocycles. The van der Waals surface area contributed by atoms with E-state index in [-0.39, 0.29) is 43.4 Å². The molecule has 0 radical (unpaired) electrons. The molecule has 0 aromatic carbocycles. The molecule has 59 heavy (non-hydrogen) atoms. The Kier molecular flexibility index (Phi) is 12.6. The number of nitrogens with one attached hydrogen (secondary N) is 1. The molecule has 0 aromatic heterocycles. The van der Waals surface area contributed by atoms with E-state index < -0.39 is 131 Å². The van der Waals surface area contributed by atoms with Crippen LogP contribution >= 0.6 is 0 Å². The van der Waals surface area contributed by atoms with Gasteiger partial charge in [-0.25, -0.2) is 9.59 Å². The van der Waals surface area contributed by atoms with Crippen molar-refractivity contribution < 1.29 is 77.3 Å². The van der Waals surface area contributed by atoms with Gasteiger partial charge < -0.3 is 54.0 Å². The number of amides is 2. The van der Waals surface area contributed by atoms with Gasteiger partial charge in [0.2, 0.25) is 5.91 Å². The molecule has 3 aliphatic carbocycles. The summed E-state index contributed by atoms with van der Waals surface area (Å²) in [6, 6.07) is -1.32. The average Bonchev–Trinajstić information content (AvgIpc) is 3.10. The highest BCUT2D eigenvalue weighted by atomic mass is 16.6. The number of Topliss-reactive ketones (excluding diaryl/α,β-unsaturated/α-hetero) is 1. The quantitative estimate of drug-likeness (QED) is 0.178. The predicted octanol–water partition coefficient (Wildman–Crippen LogP) is 1.34. The number of esters is 4. The van der Waals surface area contributed by atoms with Crippen molar-refractivity contribution in [3.8, 4) is 0 Å². The summed E-state index contributed by atoms with van der Waals surface area (Å²) in [5.74, 6) is -6.97. The fourth-order valence-electron chi connectivity index (χ4n) is 9.58. The SMILES string of the molecule is CC(=O)O[C@@H]1C(=O)[C@@]2(C)[C@H]([C@H]3OC(=O)CN(C)C(=O)CCC=CC[C@@H](NC(=O)OC(C)(C)C)[C@H](O)C(=O)O[C@H]4C[C@@]3(O)C(C)(C)C1=C4C)[C@@]1(OC(C)=O)CO[C@@H]1C[C@@H]2O. The van der Waals surface area contributed by atoms with Crippen LogP contribution in [0.1, 0.15) is 94.4 Å². The van der Waals surface area contributed by atoms with Gasteiger partial charge in [-0.3, -0.25) is 24.0 Å². The number of carbonyl (C=O) groups excluding carboxylic acids is 7. The van der Waals surface area contributed by atoms with Crippen LogP contribution in [0.25, 0.3) is 0 Å². The number of aliphatic hydroxyl groups excluding tert-OH is 2. The lowest BCUT2D eigenvalue weighted by atomic mass is 9.44. The fraction of sp³-hybridized carbons (Fsp3) is 0.732. The Balaban J connectivity index is 1.77. The maximum absolute atomic E-state index is 15.4. The smallest absolute Gasteiger partial charge is 0.407 e. The number of likely N-dealkylation sites (N-methyl/N-ethyl adjacent to an activating group) is 1. The molecule has 18 heteroatoms. The van der Waals surface area contributed by atoms with Crippen molar-refractivity contribution in [3.63, 3.8) is 0 Å². The Morgan fingerprint density at radius 3 is 2.24 bits per heavy atom. The van der Waals surface area contributed by atoms with Crippen LogP contribution in [-0.2, 0) is 57.2 Å². The molecular formula is C41H58N2O16. The maximum atomic E-state index is 15.4. The van der Waals surface area contributed by atoms with Gasteiger partial charge in [-0.2, -0.15) is 0 Å². The molecule has 2 heterocycles. The molecule has 2 amide bonds. The highest BCUT2D eigenvalue weighted by molar-refractivity contribution is 5.95. The van der Waals surface area contributed by atoms with Crippen molar-refractivity contribution >= 4 is 41.7 Å². The van der Waals surface area contributed by atoms with E-state index in [1.165, 1.54) is 34.7 Å². The van der Waals surface area contributed by atoms with E-state index in [2.05, 4.69) is 5.32 Å². The number of nitrogens with zero attached hydrogens (tertiary/aromatic N) is 1. The van der Waals surface area contributed by atoms with Gasteiger partial charge in [0, 0.05) is 45.6 Å². The summed E-state index contributed by atoms with van der Waals surface area (Å²) in [6.45, 7) is 12.0. The number of ether oxygens (including phenoxy) is 6. The van der Waals surface area contributed by atoms with Crippen molar-refractivity contribution in [2.45, 2.75) is 154 Å². The lowest BCUT2D eigenvalue weighted by Gasteiger charge is -2.67. The number of hydrogen-bond donors (Lipinski definition) is 4. The summed E-state index contributed by atoms with van der Waals surface area (Å²) in [7, 11) is 1.37. The maximum Gasteiger partial charge on any atom is 0.407 e. The van der Waals surface area contributed by atoms with Crippen molar-refractivity contribution in [3.05, 3.63) is 23.3 Å². The van der Waals surface area contributed by atoms with Gasteiger partial charge in [0.15, 0.2) is 23.6 Å². The number of ketones is 1. The summed E-state index contributed by atoms with van der Waals surface area (Å²) in [4.78, 5) is 96.5. The van der Waals surface area contributed by atoms with E-state index in [1.807, 2.05) is 0 Å². The first-order valence-corrected chi connectivity index (χ1v) is 19.8. The molecule has 4 N–H and O–H groups in total. The number of hydrogen-bond acceptors (Lipinski definition) is 16. The zero-order valence-electron chi connectivity index (χ0n) is 35.3. The van der Waals surface area contributed by atoms with Gasteiger partial charge in [-0.1, -0.05) is 26.0 Å². The molecular weight excluding hydrogens is 776 g/mol. The summed E-state index contributed by atoms with van der Waals surface area (Å²) in [5, 5.41) is 39.5. The van der Waals surface area contributed by atoms with Crippen LogP contribution in [0.3, 0.4) is 0 Å². The first-order chi connectivity index (χ1) is 27.2. The zero-order chi connectivity index (χ0) is 44.2. The molecule has 3 fully saturated rings. The highest BCUT2D eigenvalue weighted by Crippen LogP contribution is 2.64. The minimum absolute atomic E-state index is 0.0340. The molecule has 18 nitrogen and oxygen atoms in total. The van der Waals surface area contributed by atoms with Gasteiger partial charge in [0.1, 0.15) is 36.1 Å². The second-order valence-electron chi connectivity index (χ2n) is 18.1. The standard InChI is InChI=1S/C41H58N2O16/c1-20-24-17-41(53)34(57-28(48)18-43(10)27(47)15-13-11-12-14-23(30(49)35(51)56-24)42-36(52)59-37(4,5)6)32-39(9,25(46)16-26-40(32,19-54-26)58-22(3)45)33(50)31(55-21(2)44)29(20)38(41,7)8/h11-12,23-26,30-32,34,46,49,53H,13-19H2,1-10H3,(H,42,52)/t23-,24+,25+,26-,30+,31+,32+,34-,39-,40-,41+/m1/s1. The van der Waals surface area contributed by atoms with Crippen LogP contribution < -0.4 is 5.32 Å². The van der Waals surface area contributed by atoms with Crippen LogP contribution in [0.2, 0.25) is 0 Å². The van der Waals surface area contributed by atoms with Crippen LogP contribution in [-0.4, -0.2) is 142 Å². The lowest BCUT2D eigenvalue weighted by molar-refractivity contribution is -0.347. The molecule has 5 aliphatic rings. The largest absolute Gasteiger partial charge is 0.457 e. The third-order valence-corrected chi connectivity index (χ3v) is 12.7. The highest BCUT2D eigenvalue weighted by Gasteiger charge is 2.78. The Hall–Kier alpha value is -4.39. The minimum Gasteiger partial charge on any atom is -0.457 e. The molecule has 5 rings (SSSR count). The third-order valence-electron chi connectivity index (χ3n) is 12.7. The van der Waals surface area contributed by atoms with Crippen LogP contribution in [0, 0.1) is 16.7 Å². The Morgan fingerprint density at radius 2 is 1.66 bits per heavy atom. The number of allylic oxidation sites excluding steroid dienone is 1. The molecule has 1 saturated heterocycles. The van der Waals surface area contributed by atoms with Gasteiger partial charge in [-0.05, 0) is 58.6 Å². The van der Waals surface area contributed by atoms with Crippen molar-refractivity contribution in [1.82, 2.24) is 10.2 Å². The summed E-state index contributed by atoms with van der Waals surface area (Å²) >= 11 is 0. The van der Waals surface area contributed by atoms with Gasteiger partial charge in [0.25, 0.3) is 0 Å². The lowest BCUT2D eigenvalue weighted by Crippen LogP contribution is -2.82. The van der Waals surface area contributed by atoms with E-state index in [0.717, 1.165) is 18.7 Å². The normalized spacial score (nSPS) is 37.8. The number of carbonyl (C=O) groups is 7. The molecule has 0 spiro atoms. The number of fused-ring (bicyclic) bond motifs is 6. The van der Waals surface area contributed by atoms with Crippen LogP contribution in [0.5, 0.6) is 0 Å². The molecule has 0 aromatic rings. The second-order valence-corrected chi connectivity index (χ2v) is 18.1. The monoisotopic (exact) mass is 834 g/mol. The van der Waals surface area contributed by atoms with Crippen LogP contribution in [0.15, 0.2) is 23.3 Å². The molecule has 2 aliphatic heterocycles. The van der Waals surface area contributed by atoms with E-state index in [9.17, 15) is 44.1 Å². The van der Waals surface area contributed by atoms with Crippen molar-refractivity contribution in [2.75, 3.05) is 20.2 Å². The summed E-state index contributed by atoms with van der Waals surface area (Å²) < 4.78 is 35.2. The number of aliphatic hydroxyl groups is 3. The van der Waals surface area contributed by atoms with E-state index in [4.69, 9.17) is 28.4 Å². The minimum atomic E-state index is -2.42. The average molecular weight is 835 g/mol. The fourth-order valence-corrected chi connectivity index (χ4v) is 9.58. The molecule has 11 atom stereocenters. The van der Waals surface area contributed by atoms with Gasteiger partial charge >= 0.3 is 30.0 Å². The second kappa shape index (κ2) is 16.2. The molecule has 0 unspecified atom stereocenters. The van der Waals surface area contributed by atoms with Crippen molar-refractivity contribution in [2.24, 2.45) is 16.7 Å². The van der Waals surface area contributed by atoms with Gasteiger partial charge in [-0.15, -0.1) is 0 Å². The molecule has 328 valence electrons. The van der Waals surface area contributed by atoms with Gasteiger partial charge in [0.05, 0.1) is 30.1 Å². The topological polar surface area (TPSA) is 251 Å². The Morgan fingerprint density at radius 1 is 1.00 bits per heavy atom. The summed E-state index contributed by atoms with van der Waals surface area (Å²) in [6.07, 6.45) is -8.54. The predicted molar refractivity (Wildman–Crippen MR) is 203 cm³/mol. The third kappa shape index (κ3) is 8.24. The molecule has 3 bridgehead atoms.